The lowest BCUT2D eigenvalue weighted by Gasteiger charge is -2.33. The van der Waals surface area contributed by atoms with Gasteiger partial charge in [0.25, 0.3) is 0 Å². The Bertz CT molecular complexity index is 1010. The first-order valence-electron chi connectivity index (χ1n) is 12.1. The van der Waals surface area contributed by atoms with Gasteiger partial charge >= 0.3 is 0 Å². The summed E-state index contributed by atoms with van der Waals surface area (Å²) in [5.41, 5.74) is 2.48. The standard InChI is InChI=1S/C25H35N5O3/c1-27-16-18(20-5-3-4-6-21(20)27)17-30-10-9-22-24(30)25(32)26-15-19(28(22)2)7-8-23(31)29-11-13-33-14-12-29/h3-6,16,19,22,24H,7-15,17H2,1-2H3,(H,26,32)/t19-,22+,24-/m0/s1. The summed E-state index contributed by atoms with van der Waals surface area (Å²) in [6.07, 6.45) is 4.44. The molecule has 0 spiro atoms. The van der Waals surface area contributed by atoms with Gasteiger partial charge in [-0.25, -0.2) is 0 Å². The zero-order valence-corrected chi connectivity index (χ0v) is 19.7. The van der Waals surface area contributed by atoms with Crippen molar-refractivity contribution in [1.82, 2.24) is 24.6 Å². The van der Waals surface area contributed by atoms with Crippen LogP contribution < -0.4 is 5.32 Å². The third-order valence-corrected chi connectivity index (χ3v) is 7.76. The van der Waals surface area contributed by atoms with Crippen LogP contribution >= 0.6 is 0 Å². The van der Waals surface area contributed by atoms with Gasteiger partial charge in [0.2, 0.25) is 11.8 Å². The Morgan fingerprint density at radius 3 is 2.76 bits per heavy atom. The fourth-order valence-corrected chi connectivity index (χ4v) is 5.86. The second-order valence-corrected chi connectivity index (χ2v) is 9.65. The number of benzene rings is 1. The summed E-state index contributed by atoms with van der Waals surface area (Å²) in [4.78, 5) is 32.4. The first kappa shape index (κ1) is 22.4. The minimum Gasteiger partial charge on any atom is -0.378 e. The van der Waals surface area contributed by atoms with Crippen molar-refractivity contribution in [3.8, 4) is 0 Å². The Labute approximate surface area is 195 Å². The highest BCUT2D eigenvalue weighted by Gasteiger charge is 2.45. The van der Waals surface area contributed by atoms with Gasteiger partial charge in [-0.3, -0.25) is 19.4 Å². The minimum absolute atomic E-state index is 0.117. The molecule has 8 nitrogen and oxygen atoms in total. The normalized spacial score (nSPS) is 26.9. The van der Waals surface area contributed by atoms with Crippen molar-refractivity contribution < 1.29 is 14.3 Å². The Hall–Kier alpha value is -2.42. The Morgan fingerprint density at radius 2 is 1.94 bits per heavy atom. The third kappa shape index (κ3) is 4.39. The number of carbonyl (C=O) groups excluding carboxylic acids is 2. The van der Waals surface area contributed by atoms with E-state index in [0.29, 0.717) is 39.3 Å². The number of rotatable bonds is 5. The van der Waals surface area contributed by atoms with Crippen molar-refractivity contribution >= 4 is 22.7 Å². The van der Waals surface area contributed by atoms with Gasteiger partial charge in [0.1, 0.15) is 6.04 Å². The number of ether oxygens (including phenoxy) is 1. The largest absolute Gasteiger partial charge is 0.378 e. The summed E-state index contributed by atoms with van der Waals surface area (Å²) >= 11 is 0. The highest BCUT2D eigenvalue weighted by Crippen LogP contribution is 2.30. The van der Waals surface area contributed by atoms with Gasteiger partial charge < -0.3 is 19.5 Å². The molecule has 1 aromatic carbocycles. The van der Waals surface area contributed by atoms with E-state index in [9.17, 15) is 9.59 Å². The summed E-state index contributed by atoms with van der Waals surface area (Å²) in [5, 5.41) is 4.44. The number of para-hydroxylation sites is 1. The lowest BCUT2D eigenvalue weighted by Crippen LogP contribution is -2.49. The third-order valence-electron chi connectivity index (χ3n) is 7.76. The van der Waals surface area contributed by atoms with Gasteiger partial charge in [0.15, 0.2) is 0 Å². The van der Waals surface area contributed by atoms with Gasteiger partial charge in [0.05, 0.1) is 13.2 Å². The van der Waals surface area contributed by atoms with Crippen LogP contribution in [0.15, 0.2) is 30.5 Å². The van der Waals surface area contributed by atoms with E-state index >= 15 is 0 Å². The number of nitrogens with zero attached hydrogens (tertiary/aromatic N) is 4. The molecule has 1 aromatic heterocycles. The first-order valence-corrected chi connectivity index (χ1v) is 12.1. The predicted molar refractivity (Wildman–Crippen MR) is 127 cm³/mol. The predicted octanol–water partition coefficient (Wildman–Crippen LogP) is 1.19. The van der Waals surface area contributed by atoms with Gasteiger partial charge in [0, 0.05) is 75.4 Å². The Balaban J connectivity index is 1.26. The molecule has 2 amide bonds. The highest BCUT2D eigenvalue weighted by atomic mass is 16.5. The molecule has 4 heterocycles. The number of carbonyl (C=O) groups is 2. The van der Waals surface area contributed by atoms with Crippen LogP contribution in [0.1, 0.15) is 24.8 Å². The first-order chi connectivity index (χ1) is 16.0. The van der Waals surface area contributed by atoms with Crippen molar-refractivity contribution in [1.29, 1.82) is 0 Å². The Kier molecular flexibility index (Phi) is 6.40. The van der Waals surface area contributed by atoms with E-state index in [1.54, 1.807) is 0 Å². The number of nitrogens with one attached hydrogen (secondary N) is 1. The van der Waals surface area contributed by atoms with Gasteiger partial charge in [-0.2, -0.15) is 0 Å². The van der Waals surface area contributed by atoms with Gasteiger partial charge in [-0.1, -0.05) is 18.2 Å². The Morgan fingerprint density at radius 1 is 1.15 bits per heavy atom. The quantitative estimate of drug-likeness (QED) is 0.737. The molecular weight excluding hydrogens is 418 g/mol. The van der Waals surface area contributed by atoms with Crippen LogP contribution in [0.4, 0.5) is 0 Å². The van der Waals surface area contributed by atoms with Crippen LogP contribution in [-0.4, -0.2) is 95.6 Å². The number of hydrogen-bond acceptors (Lipinski definition) is 5. The highest BCUT2D eigenvalue weighted by molar-refractivity contribution is 5.85. The number of morpholine rings is 1. The molecule has 3 aliphatic heterocycles. The molecule has 1 N–H and O–H groups in total. The molecule has 3 atom stereocenters. The molecule has 0 radical (unpaired) electrons. The maximum Gasteiger partial charge on any atom is 0.239 e. The van der Waals surface area contributed by atoms with Gasteiger partial charge in [-0.15, -0.1) is 0 Å². The lowest BCUT2D eigenvalue weighted by molar-refractivity contribution is -0.135. The van der Waals surface area contributed by atoms with Crippen LogP contribution in [0.3, 0.4) is 0 Å². The summed E-state index contributed by atoms with van der Waals surface area (Å²) in [5.74, 6) is 0.314. The molecule has 0 unspecified atom stereocenters. The number of amides is 2. The molecule has 3 aliphatic rings. The van der Waals surface area contributed by atoms with E-state index in [0.717, 1.165) is 25.9 Å². The average Bonchev–Trinajstić information content (AvgIpc) is 3.37. The molecule has 3 fully saturated rings. The van der Waals surface area contributed by atoms with E-state index in [2.05, 4.69) is 64.2 Å². The number of fused-ring (bicyclic) bond motifs is 2. The van der Waals surface area contributed by atoms with Crippen molar-refractivity contribution in [2.24, 2.45) is 7.05 Å². The van der Waals surface area contributed by atoms with Crippen LogP contribution in [0, 0.1) is 0 Å². The van der Waals surface area contributed by atoms with E-state index in [-0.39, 0.29) is 29.9 Å². The second kappa shape index (κ2) is 9.44. The fraction of sp³-hybridized carbons (Fsp3) is 0.600. The number of likely N-dealkylation sites (N-methyl/N-ethyl adjacent to an activating group) is 1. The topological polar surface area (TPSA) is 70.1 Å². The summed E-state index contributed by atoms with van der Waals surface area (Å²) in [6.45, 7) is 4.89. The van der Waals surface area contributed by atoms with E-state index in [1.165, 1.54) is 16.5 Å². The minimum atomic E-state index is -0.158. The number of aryl methyl sites for hydroxylation is 1. The summed E-state index contributed by atoms with van der Waals surface area (Å²) in [6, 6.07) is 8.63. The molecule has 33 heavy (non-hydrogen) atoms. The van der Waals surface area contributed by atoms with Crippen LogP contribution in [-0.2, 0) is 27.9 Å². The fourth-order valence-electron chi connectivity index (χ4n) is 5.86. The van der Waals surface area contributed by atoms with Crippen molar-refractivity contribution in [2.75, 3.05) is 46.4 Å². The molecule has 5 rings (SSSR count). The zero-order chi connectivity index (χ0) is 22.9. The zero-order valence-electron chi connectivity index (χ0n) is 19.7. The number of aromatic nitrogens is 1. The molecule has 8 heteroatoms. The summed E-state index contributed by atoms with van der Waals surface area (Å²) < 4.78 is 7.52. The number of likely N-dealkylation sites (tertiary alicyclic amines) is 1. The average molecular weight is 454 g/mol. The lowest BCUT2D eigenvalue weighted by atomic mass is 10.0. The van der Waals surface area contributed by atoms with Crippen molar-refractivity contribution in [3.63, 3.8) is 0 Å². The smallest absolute Gasteiger partial charge is 0.239 e. The second-order valence-electron chi connectivity index (χ2n) is 9.65. The summed E-state index contributed by atoms with van der Waals surface area (Å²) in [7, 11) is 4.21. The molecule has 0 saturated carbocycles. The SMILES string of the molecule is CN1[C@@H](CCC(=O)N2CCOCC2)CNC(=O)[C@@H]2[C@H]1CCN2Cc1cn(C)c2ccccc12. The van der Waals surface area contributed by atoms with Crippen LogP contribution in [0.5, 0.6) is 0 Å². The molecule has 178 valence electrons. The molecule has 3 saturated heterocycles. The molecule has 0 aliphatic carbocycles. The molecule has 0 bridgehead atoms. The maximum absolute atomic E-state index is 13.2. The number of hydrogen-bond donors (Lipinski definition) is 1. The van der Waals surface area contributed by atoms with E-state index in [4.69, 9.17) is 4.74 Å². The van der Waals surface area contributed by atoms with Crippen LogP contribution in [0.25, 0.3) is 10.9 Å². The van der Waals surface area contributed by atoms with Gasteiger partial charge in [-0.05, 0) is 31.5 Å². The van der Waals surface area contributed by atoms with Crippen LogP contribution in [0.2, 0.25) is 0 Å². The van der Waals surface area contributed by atoms with E-state index in [1.807, 2.05) is 4.90 Å². The maximum atomic E-state index is 13.2. The molecule has 2 aromatic rings. The van der Waals surface area contributed by atoms with Crippen molar-refractivity contribution in [2.45, 2.75) is 43.9 Å². The van der Waals surface area contributed by atoms with Crippen molar-refractivity contribution in [3.05, 3.63) is 36.0 Å². The van der Waals surface area contributed by atoms with E-state index < -0.39 is 0 Å². The molecular formula is C25H35N5O3. The monoisotopic (exact) mass is 453 g/mol.